The highest BCUT2D eigenvalue weighted by Gasteiger charge is 2.15. The van der Waals surface area contributed by atoms with E-state index in [4.69, 9.17) is 15.9 Å². The fraction of sp³-hybridized carbons (Fsp3) is 0.484. The van der Waals surface area contributed by atoms with Crippen molar-refractivity contribution in [2.24, 2.45) is 0 Å². The van der Waals surface area contributed by atoms with Crippen LogP contribution >= 0.6 is 13.5 Å². The standard InChI is InChI=1S/C31H32O5.H2S.13H2/c1-3-5-7-9-11-13-15-16-18-19-21-23-25-30(33)35-28-29(27-32)36-31(34)26-24-22-20-17-14-12-10-8-6-4-2;;;;;;;;;;;;;;/h1,29,32H,4,6,8,10,12,14,17,20,22,24,26-28H2,2H3;1H2;13*1H/t29-;;;;;;;;;;;;;;/m1............../s1. The van der Waals surface area contributed by atoms with Gasteiger partial charge < -0.3 is 14.6 Å². The summed E-state index contributed by atoms with van der Waals surface area (Å²) in [4.78, 5) is 23.5. The fourth-order valence-corrected chi connectivity index (χ4v) is 2.73. The Hall–Kier alpha value is -3.83. The average molecular weight is 545 g/mol. The van der Waals surface area contributed by atoms with E-state index in [1.165, 1.54) is 44.9 Å². The van der Waals surface area contributed by atoms with E-state index < -0.39 is 24.6 Å². The number of unbranched alkanes of at least 4 members (excludes halogenated alkanes) is 9. The maximum Gasteiger partial charge on any atom is 0.385 e. The summed E-state index contributed by atoms with van der Waals surface area (Å²) in [7, 11) is 0. The molecule has 0 aliphatic carbocycles. The van der Waals surface area contributed by atoms with E-state index in [1.807, 2.05) is 0 Å². The van der Waals surface area contributed by atoms with Crippen LogP contribution in [0.4, 0.5) is 0 Å². The third kappa shape index (κ3) is 26.6. The SMILES string of the molecule is C#CC#CC#CC#CC#CC#CC#CC(=O)OC[C@@H](CO)OC(=O)CCCCCCCCCCCC.S.[HH].[HH].[HH].[HH].[HH].[HH].[HH].[HH].[HH].[HH].[HH].[HH].[HH]. The molecule has 0 radical (unpaired) electrons. The van der Waals surface area contributed by atoms with Gasteiger partial charge in [-0.1, -0.05) is 64.7 Å². The van der Waals surface area contributed by atoms with Crippen LogP contribution in [0.3, 0.4) is 0 Å². The second-order valence-corrected chi connectivity index (χ2v) is 7.47. The number of carbonyl (C=O) groups excluding carboxylic acids is 2. The van der Waals surface area contributed by atoms with Gasteiger partial charge in [-0.25, -0.2) is 4.79 Å². The molecule has 0 aliphatic rings. The number of hydrogen-bond donors (Lipinski definition) is 1. The van der Waals surface area contributed by atoms with E-state index in [0.29, 0.717) is 0 Å². The van der Waals surface area contributed by atoms with Gasteiger partial charge in [-0.2, -0.15) is 13.5 Å². The molecule has 37 heavy (non-hydrogen) atoms. The number of aliphatic hydroxyl groups excluding tert-OH is 1. The second-order valence-electron chi connectivity index (χ2n) is 7.47. The molecule has 6 heteroatoms. The minimum atomic E-state index is -0.928. The lowest BCUT2D eigenvalue weighted by Gasteiger charge is -2.14. The molecule has 1 N–H and O–H groups in total. The van der Waals surface area contributed by atoms with Crippen molar-refractivity contribution in [1.29, 1.82) is 0 Å². The quantitative estimate of drug-likeness (QED) is 0.107. The van der Waals surface area contributed by atoms with Gasteiger partial charge in [-0.3, -0.25) is 4.79 Å². The Kier molecular flexibility index (Phi) is 27.1. The maximum absolute atomic E-state index is 11.9. The summed E-state index contributed by atoms with van der Waals surface area (Å²) in [5.74, 6) is 29.3. The molecular weight excluding hydrogens is 484 g/mol. The van der Waals surface area contributed by atoms with Crippen molar-refractivity contribution in [2.45, 2.75) is 83.7 Å². The molecule has 0 rings (SSSR count). The normalized spacial score (nSPS) is 8.78. The third-order valence-electron chi connectivity index (χ3n) is 4.50. The minimum absolute atomic E-state index is 0. The molecule has 0 spiro atoms. The predicted octanol–water partition coefficient (Wildman–Crippen LogP) is 6.71. The van der Waals surface area contributed by atoms with Gasteiger partial charge in [0, 0.05) is 30.9 Å². The molecule has 0 saturated heterocycles. The molecule has 0 amide bonds. The van der Waals surface area contributed by atoms with Crippen LogP contribution in [0.5, 0.6) is 0 Å². The number of rotatable bonds is 15. The smallest absolute Gasteiger partial charge is 0.385 e. The molecule has 5 nitrogen and oxygen atoms in total. The first kappa shape index (κ1) is 35.3. The molecule has 0 heterocycles. The predicted molar refractivity (Wildman–Crippen MR) is 178 cm³/mol. The summed E-state index contributed by atoms with van der Waals surface area (Å²) in [5.41, 5.74) is 0. The number of esters is 2. The first-order valence-corrected chi connectivity index (χ1v) is 12.1. The van der Waals surface area contributed by atoms with Gasteiger partial charge in [0.1, 0.15) is 6.61 Å². The van der Waals surface area contributed by atoms with E-state index in [2.05, 4.69) is 83.9 Å². The van der Waals surface area contributed by atoms with Gasteiger partial charge in [0.05, 0.1) is 6.61 Å². The Morgan fingerprint density at radius 3 is 1.70 bits per heavy atom. The average Bonchev–Trinajstić information content (AvgIpc) is 2.88. The Bertz CT molecular complexity index is 1130. The lowest BCUT2D eigenvalue weighted by atomic mass is 10.1. The van der Waals surface area contributed by atoms with Crippen LogP contribution in [0.1, 0.15) is 96.1 Å². The van der Waals surface area contributed by atoms with Crippen molar-refractivity contribution in [1.82, 2.24) is 0 Å². The molecule has 0 saturated carbocycles. The molecule has 0 unspecified atom stereocenters. The molecule has 0 aromatic carbocycles. The molecule has 0 bridgehead atoms. The maximum atomic E-state index is 11.9. The second kappa shape index (κ2) is 28.4. The first-order valence-electron chi connectivity index (χ1n) is 12.1. The zero-order chi connectivity index (χ0) is 26.5. The highest BCUT2D eigenvalue weighted by Crippen LogP contribution is 2.11. The van der Waals surface area contributed by atoms with E-state index in [-0.39, 0.29) is 45.1 Å². The van der Waals surface area contributed by atoms with Gasteiger partial charge in [0.15, 0.2) is 6.10 Å². The summed E-state index contributed by atoms with van der Waals surface area (Å²) in [6, 6.07) is 0. The zero-order valence-corrected chi connectivity index (χ0v) is 22.4. The van der Waals surface area contributed by atoms with E-state index in [0.717, 1.165) is 19.3 Å². The van der Waals surface area contributed by atoms with Gasteiger partial charge in [0.2, 0.25) is 0 Å². The topological polar surface area (TPSA) is 72.8 Å². The Labute approximate surface area is 249 Å². The van der Waals surface area contributed by atoms with Gasteiger partial charge in [-0.05, 0) is 77.5 Å². The van der Waals surface area contributed by atoms with Gasteiger partial charge in [0.25, 0.3) is 0 Å². The summed E-state index contributed by atoms with van der Waals surface area (Å²) in [6.45, 7) is 1.47. The lowest BCUT2D eigenvalue weighted by Crippen LogP contribution is -2.28. The number of aliphatic hydroxyl groups is 1. The van der Waals surface area contributed by atoms with Crippen LogP contribution in [0.25, 0.3) is 0 Å². The van der Waals surface area contributed by atoms with Crippen LogP contribution in [0.15, 0.2) is 0 Å². The van der Waals surface area contributed by atoms with E-state index >= 15 is 0 Å². The third-order valence-corrected chi connectivity index (χ3v) is 4.50. The van der Waals surface area contributed by atoms with Crippen molar-refractivity contribution in [3.05, 3.63) is 0 Å². The Balaban J connectivity index is -0.0000000673. The number of terminal acetylenes is 1. The Morgan fingerprint density at radius 2 is 1.22 bits per heavy atom. The highest BCUT2D eigenvalue weighted by molar-refractivity contribution is 7.59. The van der Waals surface area contributed by atoms with E-state index in [9.17, 15) is 14.7 Å². The number of carbonyl (C=O) groups is 2. The monoisotopic (exact) mass is 544 g/mol. The molecular formula is C31H60O5S. The highest BCUT2D eigenvalue weighted by atomic mass is 32.1. The number of ether oxygens (including phenoxy) is 2. The van der Waals surface area contributed by atoms with Crippen LogP contribution in [0.2, 0.25) is 0 Å². The van der Waals surface area contributed by atoms with Crippen LogP contribution in [-0.2, 0) is 19.1 Å². The zero-order valence-electron chi connectivity index (χ0n) is 21.4. The summed E-state index contributed by atoms with van der Waals surface area (Å²) in [5, 5.41) is 9.35. The van der Waals surface area contributed by atoms with Crippen LogP contribution in [0, 0.1) is 83.4 Å². The van der Waals surface area contributed by atoms with Crippen molar-refractivity contribution < 1.29 is 42.7 Å². The fourth-order valence-electron chi connectivity index (χ4n) is 2.73. The minimum Gasteiger partial charge on any atom is -0.456 e. The molecule has 220 valence electrons. The lowest BCUT2D eigenvalue weighted by molar-refractivity contribution is -0.159. The Morgan fingerprint density at radius 1 is 0.757 bits per heavy atom. The summed E-state index contributed by atoms with van der Waals surface area (Å²) in [6.07, 6.45) is 16.0. The van der Waals surface area contributed by atoms with Gasteiger partial charge >= 0.3 is 11.9 Å². The first-order chi connectivity index (χ1) is 17.6. The van der Waals surface area contributed by atoms with Crippen LogP contribution < -0.4 is 0 Å². The van der Waals surface area contributed by atoms with Crippen molar-refractivity contribution in [3.63, 3.8) is 0 Å². The largest absolute Gasteiger partial charge is 0.456 e. The molecule has 0 aliphatic heterocycles. The van der Waals surface area contributed by atoms with Crippen molar-refractivity contribution in [2.75, 3.05) is 13.2 Å². The van der Waals surface area contributed by atoms with Crippen molar-refractivity contribution in [3.8, 4) is 83.4 Å². The molecule has 1 atom stereocenters. The number of hydrogen-bond acceptors (Lipinski definition) is 5. The molecule has 0 aromatic heterocycles. The summed E-state index contributed by atoms with van der Waals surface area (Å²) >= 11 is 0. The van der Waals surface area contributed by atoms with Crippen LogP contribution in [-0.4, -0.2) is 36.4 Å². The summed E-state index contributed by atoms with van der Waals surface area (Å²) < 4.78 is 10.0. The molecule has 0 aromatic rings. The van der Waals surface area contributed by atoms with E-state index in [1.54, 1.807) is 0 Å². The van der Waals surface area contributed by atoms with Gasteiger partial charge in [-0.15, -0.1) is 6.42 Å². The van der Waals surface area contributed by atoms with Crippen molar-refractivity contribution >= 4 is 25.4 Å². The molecule has 0 fully saturated rings.